The van der Waals surface area contributed by atoms with E-state index in [0.29, 0.717) is 11.3 Å². The van der Waals surface area contributed by atoms with Gasteiger partial charge in [-0.25, -0.2) is 0 Å². The second kappa shape index (κ2) is 7.91. The number of carboxylic acid groups (broad SMARTS) is 1. The lowest BCUT2D eigenvalue weighted by Gasteiger charge is -2.20. The van der Waals surface area contributed by atoms with Crippen LogP contribution in [0.1, 0.15) is 28.4 Å². The molecule has 8 heteroatoms. The number of benzene rings is 2. The number of nitrogens with one attached hydrogen (secondary N) is 1. The van der Waals surface area contributed by atoms with Crippen molar-refractivity contribution < 1.29 is 24.4 Å². The van der Waals surface area contributed by atoms with Crippen LogP contribution < -0.4 is 15.2 Å². The predicted octanol–water partition coefficient (Wildman–Crippen LogP) is 1.21. The van der Waals surface area contributed by atoms with E-state index in [1.165, 1.54) is 31.4 Å². The van der Waals surface area contributed by atoms with Gasteiger partial charge in [0, 0.05) is 30.1 Å². The number of nitro groups is 1. The van der Waals surface area contributed by atoms with Gasteiger partial charge in [-0.3, -0.25) is 14.9 Å². The molecule has 0 aliphatic rings. The molecule has 2 rings (SSSR count). The number of hydrogen-bond acceptors (Lipinski definition) is 6. The average Bonchev–Trinajstić information content (AvgIpc) is 2.61. The number of amides is 1. The molecule has 0 aliphatic heterocycles. The van der Waals surface area contributed by atoms with Gasteiger partial charge in [0.05, 0.1) is 18.1 Å². The molecular weight excluding hydrogens is 328 g/mol. The fourth-order valence-electron chi connectivity index (χ4n) is 2.23. The Balaban J connectivity index is 2.18. The third-order valence-electron chi connectivity index (χ3n) is 3.53. The number of aliphatic carboxylic acids is 1. The molecule has 8 nitrogen and oxygen atoms in total. The highest BCUT2D eigenvalue weighted by Crippen LogP contribution is 2.21. The topological polar surface area (TPSA) is 122 Å². The van der Waals surface area contributed by atoms with Crippen LogP contribution in [0.15, 0.2) is 48.5 Å². The van der Waals surface area contributed by atoms with E-state index in [2.05, 4.69) is 5.32 Å². The summed E-state index contributed by atoms with van der Waals surface area (Å²) in [6, 6.07) is 10.8. The van der Waals surface area contributed by atoms with E-state index in [0.717, 1.165) is 0 Å². The summed E-state index contributed by atoms with van der Waals surface area (Å²) < 4.78 is 5.04. The maximum Gasteiger partial charge on any atom is 0.269 e. The van der Waals surface area contributed by atoms with Gasteiger partial charge in [-0.15, -0.1) is 0 Å². The Hall–Kier alpha value is -3.42. The summed E-state index contributed by atoms with van der Waals surface area (Å²) in [5.41, 5.74) is 0.612. The van der Waals surface area contributed by atoms with E-state index in [1.807, 2.05) is 0 Å². The van der Waals surface area contributed by atoms with Crippen LogP contribution >= 0.6 is 0 Å². The highest BCUT2D eigenvalue weighted by molar-refractivity contribution is 5.94. The summed E-state index contributed by atoms with van der Waals surface area (Å²) in [6.07, 6.45) is -0.412. The van der Waals surface area contributed by atoms with E-state index < -0.39 is 29.3 Å². The third kappa shape index (κ3) is 4.77. The fraction of sp³-hybridized carbons (Fsp3) is 0.176. The molecule has 2 aromatic rings. The standard InChI is InChI=1S/C17H16N2O6/c1-25-14-8-4-11(5-9-14)15(10-16(20)21)18-17(22)12-2-6-13(7-3-12)19(23)24/h2-9,15H,10H2,1H3,(H,18,22)(H,20,21)/p-1. The summed E-state index contributed by atoms with van der Waals surface area (Å²) in [4.78, 5) is 33.3. The van der Waals surface area contributed by atoms with Crippen molar-refractivity contribution in [3.63, 3.8) is 0 Å². The lowest BCUT2D eigenvalue weighted by molar-refractivity contribution is -0.384. The molecule has 1 N–H and O–H groups in total. The van der Waals surface area contributed by atoms with Crippen LogP contribution in [-0.4, -0.2) is 23.9 Å². The zero-order valence-electron chi connectivity index (χ0n) is 13.3. The summed E-state index contributed by atoms with van der Waals surface area (Å²) in [5, 5.41) is 24.2. The van der Waals surface area contributed by atoms with E-state index in [9.17, 15) is 24.8 Å². The van der Waals surface area contributed by atoms with Crippen LogP contribution in [0.25, 0.3) is 0 Å². The lowest BCUT2D eigenvalue weighted by atomic mass is 10.0. The van der Waals surface area contributed by atoms with Crippen molar-refractivity contribution in [3.05, 3.63) is 69.8 Å². The molecule has 0 aromatic heterocycles. The zero-order chi connectivity index (χ0) is 18.4. The highest BCUT2D eigenvalue weighted by Gasteiger charge is 2.17. The zero-order valence-corrected chi connectivity index (χ0v) is 13.3. The van der Waals surface area contributed by atoms with Gasteiger partial charge in [0.1, 0.15) is 5.75 Å². The van der Waals surface area contributed by atoms with Gasteiger partial charge >= 0.3 is 0 Å². The number of hydrogen-bond donors (Lipinski definition) is 1. The van der Waals surface area contributed by atoms with Crippen LogP contribution in [0.3, 0.4) is 0 Å². The maximum atomic E-state index is 12.3. The van der Waals surface area contributed by atoms with Crippen molar-refractivity contribution in [1.29, 1.82) is 0 Å². The molecule has 25 heavy (non-hydrogen) atoms. The largest absolute Gasteiger partial charge is 0.550 e. The molecule has 0 aliphatic carbocycles. The Morgan fingerprint density at radius 2 is 1.72 bits per heavy atom. The van der Waals surface area contributed by atoms with Gasteiger partial charge < -0.3 is 20.0 Å². The second-order valence-electron chi connectivity index (χ2n) is 5.18. The quantitative estimate of drug-likeness (QED) is 0.596. The minimum absolute atomic E-state index is 0.141. The van der Waals surface area contributed by atoms with Gasteiger partial charge in [-0.1, -0.05) is 12.1 Å². The predicted molar refractivity (Wildman–Crippen MR) is 85.9 cm³/mol. The number of nitro benzene ring substituents is 1. The Kier molecular flexibility index (Phi) is 5.67. The number of carbonyl (C=O) groups excluding carboxylic acids is 2. The van der Waals surface area contributed by atoms with Gasteiger partial charge in [0.25, 0.3) is 11.6 Å². The van der Waals surface area contributed by atoms with Gasteiger partial charge in [-0.05, 0) is 29.8 Å². The van der Waals surface area contributed by atoms with Crippen molar-refractivity contribution in [1.82, 2.24) is 5.32 Å². The van der Waals surface area contributed by atoms with Crippen LogP contribution in [0.5, 0.6) is 5.75 Å². The van der Waals surface area contributed by atoms with Crippen molar-refractivity contribution in [2.75, 3.05) is 7.11 Å². The normalized spacial score (nSPS) is 11.4. The molecule has 2 aromatic carbocycles. The van der Waals surface area contributed by atoms with Crippen molar-refractivity contribution in [2.24, 2.45) is 0 Å². The number of non-ortho nitro benzene ring substituents is 1. The van der Waals surface area contributed by atoms with E-state index >= 15 is 0 Å². The first-order chi connectivity index (χ1) is 11.9. The van der Waals surface area contributed by atoms with Gasteiger partial charge in [0.15, 0.2) is 0 Å². The van der Waals surface area contributed by atoms with Crippen LogP contribution in [0, 0.1) is 10.1 Å². The number of nitrogens with zero attached hydrogens (tertiary/aromatic N) is 1. The molecule has 130 valence electrons. The molecule has 0 saturated carbocycles. The molecule has 1 unspecified atom stereocenters. The summed E-state index contributed by atoms with van der Waals surface area (Å²) in [7, 11) is 1.50. The minimum Gasteiger partial charge on any atom is -0.550 e. The Labute approximate surface area is 143 Å². The molecular formula is C17H15N2O6-. The first-order valence-corrected chi connectivity index (χ1v) is 7.30. The Morgan fingerprint density at radius 3 is 2.20 bits per heavy atom. The van der Waals surface area contributed by atoms with Gasteiger partial charge in [0.2, 0.25) is 0 Å². The number of carboxylic acids is 1. The maximum absolute atomic E-state index is 12.3. The molecule has 0 fully saturated rings. The third-order valence-corrected chi connectivity index (χ3v) is 3.53. The first kappa shape index (κ1) is 17.9. The Bertz CT molecular complexity index is 771. The average molecular weight is 343 g/mol. The van der Waals surface area contributed by atoms with E-state index in [1.54, 1.807) is 24.3 Å². The van der Waals surface area contributed by atoms with Crippen molar-refractivity contribution in [2.45, 2.75) is 12.5 Å². The summed E-state index contributed by atoms with van der Waals surface area (Å²) in [5.74, 6) is -1.26. The number of ether oxygens (including phenoxy) is 1. The number of rotatable bonds is 7. The molecule has 0 spiro atoms. The van der Waals surface area contributed by atoms with Crippen LogP contribution in [0.4, 0.5) is 5.69 Å². The molecule has 0 bridgehead atoms. The van der Waals surface area contributed by atoms with Crippen molar-refractivity contribution >= 4 is 17.6 Å². The highest BCUT2D eigenvalue weighted by atomic mass is 16.6. The molecule has 1 amide bonds. The molecule has 0 heterocycles. The lowest BCUT2D eigenvalue weighted by Crippen LogP contribution is -2.34. The monoisotopic (exact) mass is 343 g/mol. The summed E-state index contributed by atoms with van der Waals surface area (Å²) >= 11 is 0. The molecule has 0 radical (unpaired) electrons. The number of carbonyl (C=O) groups is 2. The SMILES string of the molecule is COc1ccc(C(CC(=O)[O-])NC(=O)c2ccc([N+](=O)[O-])cc2)cc1. The van der Waals surface area contributed by atoms with Crippen molar-refractivity contribution in [3.8, 4) is 5.75 Å². The minimum atomic E-state index is -1.31. The van der Waals surface area contributed by atoms with Crippen LogP contribution in [0.2, 0.25) is 0 Å². The number of methoxy groups -OCH3 is 1. The fourth-order valence-corrected chi connectivity index (χ4v) is 2.23. The van der Waals surface area contributed by atoms with E-state index in [4.69, 9.17) is 4.74 Å². The van der Waals surface area contributed by atoms with Crippen LogP contribution in [-0.2, 0) is 4.79 Å². The molecule has 0 saturated heterocycles. The first-order valence-electron chi connectivity index (χ1n) is 7.30. The summed E-state index contributed by atoms with van der Waals surface area (Å²) in [6.45, 7) is 0. The smallest absolute Gasteiger partial charge is 0.269 e. The molecule has 1 atom stereocenters. The second-order valence-corrected chi connectivity index (χ2v) is 5.18. The Morgan fingerprint density at radius 1 is 1.12 bits per heavy atom. The van der Waals surface area contributed by atoms with E-state index in [-0.39, 0.29) is 11.3 Å². The van der Waals surface area contributed by atoms with Gasteiger partial charge in [-0.2, -0.15) is 0 Å².